The van der Waals surface area contributed by atoms with Gasteiger partial charge in [-0.2, -0.15) is 0 Å². The molecule has 202 valence electrons. The lowest BCUT2D eigenvalue weighted by Gasteiger charge is -2.33. The van der Waals surface area contributed by atoms with E-state index in [4.69, 9.17) is 14.2 Å². The van der Waals surface area contributed by atoms with Gasteiger partial charge < -0.3 is 24.2 Å². The number of para-hydroxylation sites is 1. The van der Waals surface area contributed by atoms with Gasteiger partial charge in [-0.05, 0) is 85.6 Å². The second-order valence-electron chi connectivity index (χ2n) is 9.76. The minimum Gasteiger partial charge on any atom is -0.496 e. The van der Waals surface area contributed by atoms with Crippen molar-refractivity contribution in [2.45, 2.75) is 32.1 Å². The number of halogens is 1. The second-order valence-corrected chi connectivity index (χ2v) is 9.76. The Labute approximate surface area is 224 Å². The summed E-state index contributed by atoms with van der Waals surface area (Å²) in [5.74, 6) is 1.25. The summed E-state index contributed by atoms with van der Waals surface area (Å²) < 4.78 is 30.3. The van der Waals surface area contributed by atoms with Gasteiger partial charge in [0.25, 0.3) is 0 Å². The van der Waals surface area contributed by atoms with Crippen LogP contribution in [0.5, 0.6) is 17.2 Å². The lowest BCUT2D eigenvalue weighted by Crippen LogP contribution is -2.35. The highest BCUT2D eigenvalue weighted by Gasteiger charge is 2.26. The van der Waals surface area contributed by atoms with Gasteiger partial charge in [0.15, 0.2) is 11.5 Å². The van der Waals surface area contributed by atoms with Crippen LogP contribution >= 0.6 is 0 Å². The van der Waals surface area contributed by atoms with E-state index < -0.39 is 5.97 Å². The van der Waals surface area contributed by atoms with E-state index in [0.29, 0.717) is 17.4 Å². The number of carbonyl (C=O) groups is 1. The number of methoxy groups -OCH3 is 3. The molecule has 0 aliphatic carbocycles. The second kappa shape index (κ2) is 12.8. The number of hydrogen-bond donors (Lipinski definition) is 1. The SMILES string of the molecule is COc1ccc(CC(=O)O)c(-c2cccc(OC)c2OC)c1CC1CCN(CCc2ccc(F)cc2)CC1. The third-order valence-corrected chi connectivity index (χ3v) is 7.42. The zero-order chi connectivity index (χ0) is 27.1. The zero-order valence-electron chi connectivity index (χ0n) is 22.3. The normalized spacial score (nSPS) is 14.3. The molecular formula is C31H36FNO5. The average molecular weight is 522 g/mol. The van der Waals surface area contributed by atoms with Gasteiger partial charge in [0.1, 0.15) is 11.6 Å². The van der Waals surface area contributed by atoms with Crippen molar-refractivity contribution in [3.8, 4) is 28.4 Å². The number of hydrogen-bond acceptors (Lipinski definition) is 5. The number of carboxylic acid groups (broad SMARTS) is 1. The van der Waals surface area contributed by atoms with E-state index in [1.807, 2.05) is 42.5 Å². The molecule has 1 heterocycles. The standard InChI is InChI=1S/C31H36FNO5/c1-36-27-12-9-23(20-29(34)35)30(25-5-4-6-28(37-2)31(25)38-3)26(27)19-22-14-17-33(18-15-22)16-13-21-7-10-24(32)11-8-21/h4-12,22H,13-20H2,1-3H3,(H,34,35). The third-order valence-electron chi connectivity index (χ3n) is 7.42. The number of aliphatic carboxylic acids is 1. The summed E-state index contributed by atoms with van der Waals surface area (Å²) in [6.07, 6.45) is 3.64. The fourth-order valence-electron chi connectivity index (χ4n) is 5.44. The quantitative estimate of drug-likeness (QED) is 0.352. The average Bonchev–Trinajstić information content (AvgIpc) is 2.93. The van der Waals surface area contributed by atoms with Gasteiger partial charge in [-0.15, -0.1) is 0 Å². The lowest BCUT2D eigenvalue weighted by molar-refractivity contribution is -0.136. The summed E-state index contributed by atoms with van der Waals surface area (Å²) in [6.45, 7) is 2.92. The number of rotatable bonds is 11. The van der Waals surface area contributed by atoms with Crippen LogP contribution in [0.25, 0.3) is 11.1 Å². The number of nitrogens with zero attached hydrogens (tertiary/aromatic N) is 1. The van der Waals surface area contributed by atoms with Gasteiger partial charge in [0, 0.05) is 17.7 Å². The van der Waals surface area contributed by atoms with Gasteiger partial charge in [0.2, 0.25) is 0 Å². The van der Waals surface area contributed by atoms with E-state index in [-0.39, 0.29) is 12.2 Å². The van der Waals surface area contributed by atoms with E-state index in [1.165, 1.54) is 12.1 Å². The molecule has 0 unspecified atom stereocenters. The van der Waals surface area contributed by atoms with Gasteiger partial charge in [-0.25, -0.2) is 4.39 Å². The van der Waals surface area contributed by atoms with Crippen molar-refractivity contribution in [2.24, 2.45) is 5.92 Å². The summed E-state index contributed by atoms with van der Waals surface area (Å²) in [7, 11) is 4.84. The Balaban J connectivity index is 1.58. The van der Waals surface area contributed by atoms with Crippen LogP contribution in [0, 0.1) is 11.7 Å². The largest absolute Gasteiger partial charge is 0.496 e. The monoisotopic (exact) mass is 521 g/mol. The predicted molar refractivity (Wildman–Crippen MR) is 146 cm³/mol. The fraction of sp³-hybridized carbons (Fsp3) is 0.387. The van der Waals surface area contributed by atoms with Crippen LogP contribution in [0.15, 0.2) is 54.6 Å². The summed E-state index contributed by atoms with van der Waals surface area (Å²) in [5, 5.41) is 9.67. The molecule has 0 bridgehead atoms. The van der Waals surface area contributed by atoms with Gasteiger partial charge in [0.05, 0.1) is 27.8 Å². The number of piperidine rings is 1. The summed E-state index contributed by atoms with van der Waals surface area (Å²) in [6, 6.07) is 16.1. The predicted octanol–water partition coefficient (Wildman–Crippen LogP) is 5.64. The fourth-order valence-corrected chi connectivity index (χ4v) is 5.44. The van der Waals surface area contributed by atoms with Gasteiger partial charge >= 0.3 is 5.97 Å². The van der Waals surface area contributed by atoms with E-state index in [0.717, 1.165) is 78.9 Å². The van der Waals surface area contributed by atoms with Gasteiger partial charge in [-0.3, -0.25) is 4.79 Å². The molecule has 7 heteroatoms. The first kappa shape index (κ1) is 27.5. The topological polar surface area (TPSA) is 68.2 Å². The van der Waals surface area contributed by atoms with Crippen LogP contribution in [0.4, 0.5) is 4.39 Å². The molecule has 1 aliphatic rings. The summed E-state index contributed by atoms with van der Waals surface area (Å²) >= 11 is 0. The molecule has 1 fully saturated rings. The van der Waals surface area contributed by atoms with Crippen molar-refractivity contribution in [1.29, 1.82) is 0 Å². The zero-order valence-corrected chi connectivity index (χ0v) is 22.3. The van der Waals surface area contributed by atoms with E-state index in [2.05, 4.69) is 4.90 Å². The highest BCUT2D eigenvalue weighted by atomic mass is 19.1. The molecule has 0 spiro atoms. The molecule has 4 rings (SSSR count). The minimum atomic E-state index is -0.890. The van der Waals surface area contributed by atoms with Crippen molar-refractivity contribution >= 4 is 5.97 Å². The third kappa shape index (κ3) is 6.45. The maximum absolute atomic E-state index is 13.2. The molecule has 0 aromatic heterocycles. The molecule has 0 atom stereocenters. The van der Waals surface area contributed by atoms with Crippen LogP contribution in [0.1, 0.15) is 29.5 Å². The van der Waals surface area contributed by atoms with Crippen molar-refractivity contribution in [3.63, 3.8) is 0 Å². The number of likely N-dealkylation sites (tertiary alicyclic amines) is 1. The Morgan fingerprint density at radius 3 is 2.29 bits per heavy atom. The number of carboxylic acids is 1. The van der Waals surface area contributed by atoms with Crippen molar-refractivity contribution in [1.82, 2.24) is 4.90 Å². The minimum absolute atomic E-state index is 0.103. The van der Waals surface area contributed by atoms with Crippen LogP contribution in [0.2, 0.25) is 0 Å². The summed E-state index contributed by atoms with van der Waals surface area (Å²) in [5.41, 5.74) is 4.51. The lowest BCUT2D eigenvalue weighted by atomic mass is 9.83. The van der Waals surface area contributed by atoms with Crippen molar-refractivity contribution in [3.05, 3.63) is 77.1 Å². The van der Waals surface area contributed by atoms with Crippen LogP contribution < -0.4 is 14.2 Å². The first-order chi connectivity index (χ1) is 18.4. The molecule has 1 aliphatic heterocycles. The van der Waals surface area contributed by atoms with Crippen LogP contribution in [0.3, 0.4) is 0 Å². The molecule has 1 saturated heterocycles. The molecule has 0 amide bonds. The van der Waals surface area contributed by atoms with E-state index >= 15 is 0 Å². The maximum Gasteiger partial charge on any atom is 0.307 e. The molecule has 0 radical (unpaired) electrons. The van der Waals surface area contributed by atoms with Gasteiger partial charge in [-0.1, -0.05) is 30.3 Å². The maximum atomic E-state index is 13.2. The molecule has 3 aromatic carbocycles. The molecular weight excluding hydrogens is 485 g/mol. The Bertz CT molecular complexity index is 1240. The number of benzene rings is 3. The summed E-state index contributed by atoms with van der Waals surface area (Å²) in [4.78, 5) is 14.3. The Kier molecular flexibility index (Phi) is 9.24. The molecule has 1 N–H and O–H groups in total. The van der Waals surface area contributed by atoms with Crippen LogP contribution in [-0.4, -0.2) is 56.9 Å². The highest BCUT2D eigenvalue weighted by Crippen LogP contribution is 2.44. The molecule has 6 nitrogen and oxygen atoms in total. The first-order valence-corrected chi connectivity index (χ1v) is 13.0. The highest BCUT2D eigenvalue weighted by molar-refractivity contribution is 5.84. The van der Waals surface area contributed by atoms with Crippen molar-refractivity contribution < 1.29 is 28.5 Å². The Morgan fingerprint density at radius 1 is 0.947 bits per heavy atom. The molecule has 3 aromatic rings. The van der Waals surface area contributed by atoms with E-state index in [1.54, 1.807) is 21.3 Å². The first-order valence-electron chi connectivity index (χ1n) is 13.0. The smallest absolute Gasteiger partial charge is 0.307 e. The molecule has 0 saturated carbocycles. The molecule has 38 heavy (non-hydrogen) atoms. The number of ether oxygens (including phenoxy) is 3. The van der Waals surface area contributed by atoms with Crippen LogP contribution in [-0.2, 0) is 24.1 Å². The van der Waals surface area contributed by atoms with Crippen molar-refractivity contribution in [2.75, 3.05) is 41.0 Å². The van der Waals surface area contributed by atoms with E-state index in [9.17, 15) is 14.3 Å². The Hall–Kier alpha value is -3.58. The Morgan fingerprint density at radius 2 is 1.66 bits per heavy atom.